The molecular formula is C79H141NO13. The summed E-state index contributed by atoms with van der Waals surface area (Å²) < 4.78 is 23.0. The summed E-state index contributed by atoms with van der Waals surface area (Å²) in [6, 6.07) is -0.843. The van der Waals surface area contributed by atoms with E-state index in [2.05, 4.69) is 104 Å². The molecule has 2 aliphatic rings. The van der Waals surface area contributed by atoms with Crippen molar-refractivity contribution in [1.82, 2.24) is 5.32 Å². The molecule has 0 aromatic carbocycles. The van der Waals surface area contributed by atoms with Gasteiger partial charge < -0.3 is 65.1 Å². The van der Waals surface area contributed by atoms with Crippen molar-refractivity contribution in [3.63, 3.8) is 0 Å². The second-order valence-corrected chi connectivity index (χ2v) is 26.8. The van der Waals surface area contributed by atoms with Crippen LogP contribution in [-0.2, 0) is 23.7 Å². The molecule has 93 heavy (non-hydrogen) atoms. The van der Waals surface area contributed by atoms with Gasteiger partial charge in [-0.2, -0.15) is 0 Å². The zero-order valence-corrected chi connectivity index (χ0v) is 59.0. The van der Waals surface area contributed by atoms with Gasteiger partial charge in [0.15, 0.2) is 12.6 Å². The van der Waals surface area contributed by atoms with E-state index in [1.807, 2.05) is 0 Å². The second-order valence-electron chi connectivity index (χ2n) is 26.8. The first-order chi connectivity index (χ1) is 45.6. The number of carbonyl (C=O) groups excluding carboxylic acids is 1. The number of hydrogen-bond acceptors (Lipinski definition) is 13. The molecule has 0 aromatic rings. The van der Waals surface area contributed by atoms with Crippen LogP contribution in [0.4, 0.5) is 0 Å². The molecule has 14 heteroatoms. The first-order valence-electron chi connectivity index (χ1n) is 38.3. The fraction of sp³-hybridized carbons (Fsp3) is 0.810. The molecule has 0 saturated carbocycles. The van der Waals surface area contributed by atoms with E-state index in [0.717, 1.165) is 109 Å². The van der Waals surface area contributed by atoms with Gasteiger partial charge in [-0.15, -0.1) is 0 Å². The Morgan fingerprint density at radius 2 is 0.742 bits per heavy atom. The van der Waals surface area contributed by atoms with Crippen LogP contribution in [0.3, 0.4) is 0 Å². The summed E-state index contributed by atoms with van der Waals surface area (Å²) in [5.74, 6) is -0.217. The summed E-state index contributed by atoms with van der Waals surface area (Å²) in [4.78, 5) is 13.4. The number of nitrogens with one attached hydrogen (secondary N) is 1. The van der Waals surface area contributed by atoms with Crippen molar-refractivity contribution in [2.45, 2.75) is 389 Å². The molecule has 0 radical (unpaired) electrons. The predicted octanol–water partition coefficient (Wildman–Crippen LogP) is 16.7. The Kier molecular flexibility index (Phi) is 58.1. The van der Waals surface area contributed by atoms with E-state index in [1.54, 1.807) is 0 Å². The summed E-state index contributed by atoms with van der Waals surface area (Å²) >= 11 is 0. The lowest BCUT2D eigenvalue weighted by molar-refractivity contribution is -0.359. The second kappa shape index (κ2) is 62.7. The van der Waals surface area contributed by atoms with Crippen LogP contribution in [-0.4, -0.2) is 140 Å². The van der Waals surface area contributed by atoms with Gasteiger partial charge >= 0.3 is 0 Å². The Labute approximate surface area is 567 Å². The number of amides is 1. The van der Waals surface area contributed by atoms with Gasteiger partial charge in [0.25, 0.3) is 0 Å². The summed E-state index contributed by atoms with van der Waals surface area (Å²) in [7, 11) is 0. The standard InChI is InChI=1S/C79H141NO13/c1-3-5-7-9-11-13-15-17-19-21-23-25-27-29-31-33-35-36-38-40-42-44-46-48-50-52-54-56-58-60-62-68(83)67(66-90-78-76(89)74(87)77(70(65-82)92-78)93-79-75(88)73(86)72(85)69(64-81)91-79)80-71(84)63-61-59-57-55-53-51-49-47-45-43-41-39-37-34-32-30-28-26-24-22-20-18-16-14-12-10-8-6-4-2/h6,8,12,14,18,20,24,26,30,32,37,39,43,45,67-70,72-79,81-83,85-89H,3-5,7,9-11,13,15-17,19,21-23,25,27-29,31,33-36,38,40-42,44,46-66H2,1-2H3,(H,80,84)/b8-6-,14-12-,20-18-,26-24-,32-30-,39-37-,45-43-. The number of allylic oxidation sites excluding steroid dienone is 14. The molecule has 2 fully saturated rings. The average molecular weight is 1310 g/mol. The number of carbonyl (C=O) groups is 1. The molecule has 2 saturated heterocycles. The van der Waals surface area contributed by atoms with Gasteiger partial charge in [-0.05, 0) is 70.6 Å². The molecule has 12 unspecified atom stereocenters. The Morgan fingerprint density at radius 1 is 0.398 bits per heavy atom. The average Bonchev–Trinajstić information content (AvgIpc) is 0.854. The number of hydrogen-bond donors (Lipinski definition) is 9. The molecule has 540 valence electrons. The molecule has 0 bridgehead atoms. The Balaban J connectivity index is 1.65. The number of rotatable bonds is 63. The topological polar surface area (TPSA) is 228 Å². The molecular weight excluding hydrogens is 1170 g/mol. The highest BCUT2D eigenvalue weighted by molar-refractivity contribution is 5.76. The van der Waals surface area contributed by atoms with Crippen molar-refractivity contribution >= 4 is 5.91 Å². The van der Waals surface area contributed by atoms with Crippen molar-refractivity contribution in [3.05, 3.63) is 85.1 Å². The normalized spacial score (nSPS) is 23.0. The first kappa shape index (κ1) is 86.3. The first-order valence-corrected chi connectivity index (χ1v) is 38.3. The fourth-order valence-corrected chi connectivity index (χ4v) is 12.3. The highest BCUT2D eigenvalue weighted by atomic mass is 16.7. The highest BCUT2D eigenvalue weighted by Gasteiger charge is 2.51. The smallest absolute Gasteiger partial charge is 0.220 e. The molecule has 0 aliphatic carbocycles. The van der Waals surface area contributed by atoms with Crippen molar-refractivity contribution in [1.29, 1.82) is 0 Å². The Morgan fingerprint density at radius 3 is 1.14 bits per heavy atom. The van der Waals surface area contributed by atoms with Crippen LogP contribution in [0.25, 0.3) is 0 Å². The molecule has 0 aromatic heterocycles. The maximum Gasteiger partial charge on any atom is 0.220 e. The van der Waals surface area contributed by atoms with Crippen LogP contribution in [0.5, 0.6) is 0 Å². The van der Waals surface area contributed by atoms with E-state index < -0.39 is 86.8 Å². The number of aliphatic hydroxyl groups excluding tert-OH is 8. The summed E-state index contributed by atoms with van der Waals surface area (Å²) in [6.45, 7) is 2.78. The molecule has 2 rings (SSSR count). The number of aliphatic hydroxyl groups is 8. The third-order valence-corrected chi connectivity index (χ3v) is 18.4. The van der Waals surface area contributed by atoms with Gasteiger partial charge in [-0.1, -0.05) is 324 Å². The molecule has 12 atom stereocenters. The SMILES string of the molecule is CC/C=C\C/C=C\C/C=C\C/C=C\C/C=C\C/C=C\C/C=C\CCCCCCCCCC(=O)NC(COC1OC(CO)C(OC2OC(CO)C(O)C(O)C2O)C(O)C1O)C(O)CCCCCCCCCCCCCCCCCCCCCCCCCCCCCCCC. The summed E-state index contributed by atoms with van der Waals surface area (Å²) in [5.41, 5.74) is 0. The molecule has 9 N–H and O–H groups in total. The highest BCUT2D eigenvalue weighted by Crippen LogP contribution is 2.30. The Hall–Kier alpha value is -2.83. The van der Waals surface area contributed by atoms with Crippen LogP contribution >= 0.6 is 0 Å². The van der Waals surface area contributed by atoms with Crippen LogP contribution in [0.2, 0.25) is 0 Å². The maximum absolute atomic E-state index is 13.4. The van der Waals surface area contributed by atoms with E-state index in [-0.39, 0.29) is 18.9 Å². The summed E-state index contributed by atoms with van der Waals surface area (Å²) in [6.07, 6.45) is 70.3. The lowest BCUT2D eigenvalue weighted by atomic mass is 9.97. The van der Waals surface area contributed by atoms with Crippen molar-refractivity contribution < 1.29 is 64.6 Å². The largest absolute Gasteiger partial charge is 0.394 e. The molecule has 2 heterocycles. The molecule has 2 aliphatic heterocycles. The van der Waals surface area contributed by atoms with Gasteiger partial charge in [-0.3, -0.25) is 4.79 Å². The fourth-order valence-electron chi connectivity index (χ4n) is 12.3. The van der Waals surface area contributed by atoms with Crippen molar-refractivity contribution in [2.75, 3.05) is 19.8 Å². The van der Waals surface area contributed by atoms with Crippen LogP contribution in [0.15, 0.2) is 85.1 Å². The van der Waals surface area contributed by atoms with E-state index in [0.29, 0.717) is 12.8 Å². The molecule has 0 spiro atoms. The minimum Gasteiger partial charge on any atom is -0.394 e. The van der Waals surface area contributed by atoms with E-state index in [1.165, 1.54) is 173 Å². The number of unbranched alkanes of at least 4 members (excludes halogenated alkanes) is 36. The predicted molar refractivity (Wildman–Crippen MR) is 383 cm³/mol. The lowest BCUT2D eigenvalue weighted by Gasteiger charge is -2.46. The van der Waals surface area contributed by atoms with Crippen LogP contribution < -0.4 is 5.32 Å². The van der Waals surface area contributed by atoms with Gasteiger partial charge in [0.05, 0.1) is 32.0 Å². The van der Waals surface area contributed by atoms with Gasteiger partial charge in [-0.25, -0.2) is 0 Å². The van der Waals surface area contributed by atoms with E-state index >= 15 is 0 Å². The van der Waals surface area contributed by atoms with Gasteiger partial charge in [0.2, 0.25) is 5.91 Å². The zero-order valence-electron chi connectivity index (χ0n) is 59.0. The number of ether oxygens (including phenoxy) is 4. The minimum atomic E-state index is -1.79. The van der Waals surface area contributed by atoms with E-state index in [9.17, 15) is 45.6 Å². The minimum absolute atomic E-state index is 0.217. The quantitative estimate of drug-likeness (QED) is 0.0204. The van der Waals surface area contributed by atoms with Crippen molar-refractivity contribution in [3.8, 4) is 0 Å². The molecule has 14 nitrogen and oxygen atoms in total. The van der Waals surface area contributed by atoms with Gasteiger partial charge in [0, 0.05) is 6.42 Å². The molecule has 1 amide bonds. The van der Waals surface area contributed by atoms with Gasteiger partial charge in [0.1, 0.15) is 48.8 Å². The van der Waals surface area contributed by atoms with Crippen molar-refractivity contribution in [2.24, 2.45) is 0 Å². The van der Waals surface area contributed by atoms with Crippen LogP contribution in [0, 0.1) is 0 Å². The monoisotopic (exact) mass is 1310 g/mol. The lowest BCUT2D eigenvalue weighted by Crippen LogP contribution is -2.65. The zero-order chi connectivity index (χ0) is 67.3. The van der Waals surface area contributed by atoms with E-state index in [4.69, 9.17) is 18.9 Å². The van der Waals surface area contributed by atoms with Crippen LogP contribution in [0.1, 0.15) is 316 Å². The Bertz CT molecular complexity index is 1890. The third-order valence-electron chi connectivity index (χ3n) is 18.4. The maximum atomic E-state index is 13.4. The third kappa shape index (κ3) is 46.1. The summed E-state index contributed by atoms with van der Waals surface area (Å²) in [5, 5.41) is 87.8.